The third kappa shape index (κ3) is 3.53. The van der Waals surface area contributed by atoms with Crippen molar-refractivity contribution in [2.45, 2.75) is 51.0 Å². The molecule has 1 aliphatic carbocycles. The Balaban J connectivity index is 2.03. The quantitative estimate of drug-likeness (QED) is 0.806. The summed E-state index contributed by atoms with van der Waals surface area (Å²) in [6.45, 7) is 6.03. The second kappa shape index (κ2) is 6.91. The van der Waals surface area contributed by atoms with Crippen LogP contribution in [0.25, 0.3) is 0 Å². The molecule has 1 atom stereocenters. The Morgan fingerprint density at radius 1 is 1.11 bits per heavy atom. The highest BCUT2D eigenvalue weighted by Crippen LogP contribution is 2.50. The SMILES string of the molecule is COc1ccc([C@]23CCC(=O)C=C2N(C(=O)OC(C)(C)C)CC3)cc1OC. The number of carbonyl (C=O) groups is 2. The molecule has 146 valence electrons. The van der Waals surface area contributed by atoms with E-state index in [1.54, 1.807) is 25.2 Å². The largest absolute Gasteiger partial charge is 0.493 e. The van der Waals surface area contributed by atoms with Crippen molar-refractivity contribution >= 4 is 11.9 Å². The summed E-state index contributed by atoms with van der Waals surface area (Å²) < 4.78 is 16.4. The minimum atomic E-state index is -0.592. The lowest BCUT2D eigenvalue weighted by atomic mass is 9.70. The van der Waals surface area contributed by atoms with Gasteiger partial charge in [-0.1, -0.05) is 6.07 Å². The molecule has 0 aromatic heterocycles. The molecule has 6 heteroatoms. The van der Waals surface area contributed by atoms with E-state index in [0.29, 0.717) is 30.9 Å². The van der Waals surface area contributed by atoms with Gasteiger partial charge in [0.2, 0.25) is 0 Å². The van der Waals surface area contributed by atoms with Gasteiger partial charge in [0, 0.05) is 30.2 Å². The number of allylic oxidation sites excluding steroid dienone is 2. The maximum Gasteiger partial charge on any atom is 0.414 e. The van der Waals surface area contributed by atoms with Crippen molar-refractivity contribution in [1.29, 1.82) is 0 Å². The highest BCUT2D eigenvalue weighted by molar-refractivity contribution is 5.93. The summed E-state index contributed by atoms with van der Waals surface area (Å²) in [5, 5.41) is 0. The Labute approximate surface area is 160 Å². The Bertz CT molecular complexity index is 792. The minimum Gasteiger partial charge on any atom is -0.493 e. The lowest BCUT2D eigenvalue weighted by Crippen LogP contribution is -2.38. The van der Waals surface area contributed by atoms with Gasteiger partial charge in [0.15, 0.2) is 17.3 Å². The van der Waals surface area contributed by atoms with Crippen molar-refractivity contribution in [2.75, 3.05) is 20.8 Å². The molecule has 0 saturated carbocycles. The zero-order valence-corrected chi connectivity index (χ0v) is 16.6. The normalized spacial score (nSPS) is 22.2. The third-order valence-electron chi connectivity index (χ3n) is 5.19. The Morgan fingerprint density at radius 3 is 2.44 bits per heavy atom. The van der Waals surface area contributed by atoms with Crippen LogP contribution in [0.15, 0.2) is 30.0 Å². The van der Waals surface area contributed by atoms with Crippen molar-refractivity contribution in [3.05, 3.63) is 35.5 Å². The van der Waals surface area contributed by atoms with Gasteiger partial charge < -0.3 is 14.2 Å². The minimum absolute atomic E-state index is 0.0385. The molecule has 1 aromatic carbocycles. The highest BCUT2D eigenvalue weighted by atomic mass is 16.6. The summed E-state index contributed by atoms with van der Waals surface area (Å²) >= 11 is 0. The first-order chi connectivity index (χ1) is 12.7. The van der Waals surface area contributed by atoms with Crippen LogP contribution in [0.1, 0.15) is 45.6 Å². The van der Waals surface area contributed by atoms with Crippen molar-refractivity contribution in [3.63, 3.8) is 0 Å². The summed E-state index contributed by atoms with van der Waals surface area (Å²) in [6, 6.07) is 5.80. The molecule has 1 aromatic rings. The summed E-state index contributed by atoms with van der Waals surface area (Å²) in [7, 11) is 3.20. The first-order valence-electron chi connectivity index (χ1n) is 9.18. The maximum atomic E-state index is 12.7. The van der Waals surface area contributed by atoms with E-state index in [1.165, 1.54) is 0 Å². The first-order valence-corrected chi connectivity index (χ1v) is 9.18. The fraction of sp³-hybridized carbons (Fsp3) is 0.524. The summed E-state index contributed by atoms with van der Waals surface area (Å²) in [5.41, 5.74) is 0.750. The molecule has 27 heavy (non-hydrogen) atoms. The average molecular weight is 373 g/mol. The lowest BCUT2D eigenvalue weighted by Gasteiger charge is -2.36. The van der Waals surface area contributed by atoms with E-state index in [4.69, 9.17) is 14.2 Å². The Hall–Kier alpha value is -2.50. The smallest absolute Gasteiger partial charge is 0.414 e. The number of fused-ring (bicyclic) bond motifs is 1. The molecular weight excluding hydrogens is 346 g/mol. The number of hydrogen-bond acceptors (Lipinski definition) is 5. The van der Waals surface area contributed by atoms with E-state index < -0.39 is 17.1 Å². The van der Waals surface area contributed by atoms with Crippen LogP contribution in [0.4, 0.5) is 4.79 Å². The van der Waals surface area contributed by atoms with Crippen molar-refractivity contribution in [3.8, 4) is 11.5 Å². The van der Waals surface area contributed by atoms with Gasteiger partial charge in [0.1, 0.15) is 5.60 Å². The topological polar surface area (TPSA) is 65.1 Å². The van der Waals surface area contributed by atoms with Crippen molar-refractivity contribution < 1.29 is 23.8 Å². The number of benzene rings is 1. The van der Waals surface area contributed by atoms with Crippen LogP contribution in [0.3, 0.4) is 0 Å². The van der Waals surface area contributed by atoms with Crippen LogP contribution in [0.5, 0.6) is 11.5 Å². The molecule has 1 amide bonds. The molecule has 3 rings (SSSR count). The van der Waals surface area contributed by atoms with Gasteiger partial charge in [-0.15, -0.1) is 0 Å². The van der Waals surface area contributed by atoms with Gasteiger partial charge >= 0.3 is 6.09 Å². The Kier molecular flexibility index (Phi) is 4.93. The summed E-state index contributed by atoms with van der Waals surface area (Å²) in [4.78, 5) is 26.5. The highest BCUT2D eigenvalue weighted by Gasteiger charge is 2.49. The van der Waals surface area contributed by atoms with Gasteiger partial charge in [0.05, 0.1) is 14.2 Å². The van der Waals surface area contributed by atoms with Crippen LogP contribution in [-0.2, 0) is 14.9 Å². The van der Waals surface area contributed by atoms with E-state index >= 15 is 0 Å². The van der Waals surface area contributed by atoms with Gasteiger partial charge in [-0.25, -0.2) is 4.79 Å². The molecule has 1 heterocycles. The molecule has 1 saturated heterocycles. The fourth-order valence-corrected chi connectivity index (χ4v) is 3.92. The number of rotatable bonds is 3. The maximum absolute atomic E-state index is 12.7. The molecule has 0 radical (unpaired) electrons. The second-order valence-corrected chi connectivity index (χ2v) is 8.03. The molecule has 0 bridgehead atoms. The number of methoxy groups -OCH3 is 2. The van der Waals surface area contributed by atoms with Crippen LogP contribution < -0.4 is 9.47 Å². The van der Waals surface area contributed by atoms with Crippen LogP contribution in [0.2, 0.25) is 0 Å². The average Bonchev–Trinajstić information content (AvgIpc) is 2.99. The number of amides is 1. The second-order valence-electron chi connectivity index (χ2n) is 8.03. The van der Waals surface area contributed by atoms with E-state index in [9.17, 15) is 9.59 Å². The molecular formula is C21H27NO5. The van der Waals surface area contributed by atoms with E-state index in [0.717, 1.165) is 17.7 Å². The standard InChI is InChI=1S/C21H27NO5/c1-20(2,3)27-19(24)22-11-10-21(9-8-15(23)13-18(21)22)14-6-7-16(25-4)17(12-14)26-5/h6-7,12-13H,8-11H2,1-5H3/t21-/m1/s1. The predicted molar refractivity (Wildman–Crippen MR) is 101 cm³/mol. The van der Waals surface area contributed by atoms with Gasteiger partial charge in [-0.3, -0.25) is 9.69 Å². The monoisotopic (exact) mass is 373 g/mol. The molecule has 1 aliphatic heterocycles. The van der Waals surface area contributed by atoms with Crippen LogP contribution in [-0.4, -0.2) is 43.1 Å². The molecule has 0 N–H and O–H groups in total. The summed E-state index contributed by atoms with van der Waals surface area (Å²) in [6.07, 6.45) is 3.05. The zero-order chi connectivity index (χ0) is 19.8. The number of hydrogen-bond donors (Lipinski definition) is 0. The summed E-state index contributed by atoms with van der Waals surface area (Å²) in [5.74, 6) is 1.32. The number of ether oxygens (including phenoxy) is 3. The first kappa shape index (κ1) is 19.3. The van der Waals surface area contributed by atoms with E-state index in [1.807, 2.05) is 39.0 Å². The van der Waals surface area contributed by atoms with Crippen LogP contribution >= 0.6 is 0 Å². The molecule has 1 fully saturated rings. The third-order valence-corrected chi connectivity index (χ3v) is 5.19. The van der Waals surface area contributed by atoms with E-state index in [-0.39, 0.29) is 5.78 Å². The molecule has 0 spiro atoms. The lowest BCUT2D eigenvalue weighted by molar-refractivity contribution is -0.115. The van der Waals surface area contributed by atoms with Crippen molar-refractivity contribution in [1.82, 2.24) is 4.90 Å². The van der Waals surface area contributed by atoms with Crippen LogP contribution in [0, 0.1) is 0 Å². The van der Waals surface area contributed by atoms with Gasteiger partial charge in [-0.05, 0) is 51.3 Å². The number of ketones is 1. The van der Waals surface area contributed by atoms with E-state index in [2.05, 4.69) is 0 Å². The number of likely N-dealkylation sites (tertiary alicyclic amines) is 1. The fourth-order valence-electron chi connectivity index (χ4n) is 3.92. The van der Waals surface area contributed by atoms with Crippen molar-refractivity contribution in [2.24, 2.45) is 0 Å². The number of carbonyl (C=O) groups excluding carboxylic acids is 2. The van der Waals surface area contributed by atoms with Gasteiger partial charge in [-0.2, -0.15) is 0 Å². The van der Waals surface area contributed by atoms with Gasteiger partial charge in [0.25, 0.3) is 0 Å². The molecule has 6 nitrogen and oxygen atoms in total. The molecule has 2 aliphatic rings. The molecule has 0 unspecified atom stereocenters. The number of nitrogens with zero attached hydrogens (tertiary/aromatic N) is 1. The predicted octanol–water partition coefficient (Wildman–Crippen LogP) is 3.83. The Morgan fingerprint density at radius 2 is 1.81 bits per heavy atom. The zero-order valence-electron chi connectivity index (χ0n) is 16.6.